The van der Waals surface area contributed by atoms with Crippen LogP contribution in [0, 0.1) is 6.92 Å². The van der Waals surface area contributed by atoms with Gasteiger partial charge >= 0.3 is 5.97 Å². The van der Waals surface area contributed by atoms with Crippen molar-refractivity contribution in [2.24, 2.45) is 0 Å². The summed E-state index contributed by atoms with van der Waals surface area (Å²) in [6.07, 6.45) is -0.971. The SMILES string of the molecule is COc1cc(Cl)c(C)cc1NC(=O)[C@H](C)OC(=O)C(C)(C)c1ccccc1. The Bertz CT molecular complexity index is 834. The summed E-state index contributed by atoms with van der Waals surface area (Å²) < 4.78 is 10.7. The molecule has 0 aliphatic carbocycles. The van der Waals surface area contributed by atoms with Crippen LogP contribution in [-0.2, 0) is 19.7 Å². The fraction of sp³-hybridized carbons (Fsp3) is 0.333. The van der Waals surface area contributed by atoms with E-state index >= 15 is 0 Å². The number of carbonyl (C=O) groups excluding carboxylic acids is 2. The number of aryl methyl sites for hydroxylation is 1. The van der Waals surface area contributed by atoms with Crippen molar-refractivity contribution < 1.29 is 19.1 Å². The first-order valence-electron chi connectivity index (χ1n) is 8.58. The molecule has 0 fully saturated rings. The van der Waals surface area contributed by atoms with Crippen LogP contribution >= 0.6 is 11.6 Å². The van der Waals surface area contributed by atoms with Crippen LogP contribution in [0.25, 0.3) is 0 Å². The molecule has 5 nitrogen and oxygen atoms in total. The van der Waals surface area contributed by atoms with Gasteiger partial charge in [0.2, 0.25) is 0 Å². The van der Waals surface area contributed by atoms with E-state index in [-0.39, 0.29) is 0 Å². The zero-order chi connectivity index (χ0) is 20.2. The van der Waals surface area contributed by atoms with E-state index in [2.05, 4.69) is 5.32 Å². The van der Waals surface area contributed by atoms with Gasteiger partial charge in [-0.05, 0) is 44.9 Å². The lowest BCUT2D eigenvalue weighted by molar-refractivity contribution is -0.158. The van der Waals surface area contributed by atoms with Gasteiger partial charge in [0.05, 0.1) is 18.2 Å². The van der Waals surface area contributed by atoms with Crippen molar-refractivity contribution in [3.05, 3.63) is 58.6 Å². The van der Waals surface area contributed by atoms with E-state index in [1.165, 1.54) is 14.0 Å². The molecule has 0 unspecified atom stereocenters. The van der Waals surface area contributed by atoms with E-state index in [0.717, 1.165) is 11.1 Å². The Morgan fingerprint density at radius 2 is 1.78 bits per heavy atom. The second-order valence-electron chi connectivity index (χ2n) is 6.83. The number of anilines is 1. The van der Waals surface area contributed by atoms with E-state index in [4.69, 9.17) is 21.1 Å². The minimum absolute atomic E-state index is 0.432. The molecule has 2 rings (SSSR count). The fourth-order valence-corrected chi connectivity index (χ4v) is 2.65. The molecule has 6 heteroatoms. The molecule has 0 heterocycles. The summed E-state index contributed by atoms with van der Waals surface area (Å²) >= 11 is 6.08. The molecule has 0 radical (unpaired) electrons. The summed E-state index contributed by atoms with van der Waals surface area (Å²) in [5, 5.41) is 3.26. The smallest absolute Gasteiger partial charge is 0.316 e. The second kappa shape index (κ2) is 8.44. The lowest BCUT2D eigenvalue weighted by Gasteiger charge is -2.25. The monoisotopic (exact) mass is 389 g/mol. The van der Waals surface area contributed by atoms with Crippen molar-refractivity contribution in [3.63, 3.8) is 0 Å². The molecular formula is C21H24ClNO4. The predicted molar refractivity (Wildman–Crippen MR) is 106 cm³/mol. The van der Waals surface area contributed by atoms with Crippen molar-refractivity contribution in [1.29, 1.82) is 0 Å². The number of halogens is 1. The number of rotatable bonds is 6. The molecule has 2 aromatic carbocycles. The van der Waals surface area contributed by atoms with Gasteiger partial charge in [0.1, 0.15) is 5.75 Å². The third-order valence-electron chi connectivity index (χ3n) is 4.40. The van der Waals surface area contributed by atoms with Gasteiger partial charge in [-0.3, -0.25) is 9.59 Å². The van der Waals surface area contributed by atoms with E-state index in [0.29, 0.717) is 16.5 Å². The van der Waals surface area contributed by atoms with Gasteiger partial charge in [-0.2, -0.15) is 0 Å². The van der Waals surface area contributed by atoms with Gasteiger partial charge < -0.3 is 14.8 Å². The summed E-state index contributed by atoms with van der Waals surface area (Å²) in [5.41, 5.74) is 1.21. The summed E-state index contributed by atoms with van der Waals surface area (Å²) in [6, 6.07) is 12.6. The van der Waals surface area contributed by atoms with Crippen molar-refractivity contribution >= 4 is 29.2 Å². The summed E-state index contributed by atoms with van der Waals surface area (Å²) in [7, 11) is 1.49. The molecule has 0 saturated heterocycles. The second-order valence-corrected chi connectivity index (χ2v) is 7.24. The maximum absolute atomic E-state index is 12.6. The zero-order valence-electron chi connectivity index (χ0n) is 16.1. The Balaban J connectivity index is 2.10. The summed E-state index contributed by atoms with van der Waals surface area (Å²) in [5.74, 6) is -0.495. The maximum Gasteiger partial charge on any atom is 0.316 e. The first-order valence-corrected chi connectivity index (χ1v) is 8.96. The highest BCUT2D eigenvalue weighted by Gasteiger charge is 2.33. The quantitative estimate of drug-likeness (QED) is 0.738. The summed E-state index contributed by atoms with van der Waals surface area (Å²) in [4.78, 5) is 25.1. The van der Waals surface area contributed by atoms with Gasteiger partial charge in [0, 0.05) is 11.1 Å². The molecule has 1 N–H and O–H groups in total. The lowest BCUT2D eigenvalue weighted by Crippen LogP contribution is -2.37. The predicted octanol–water partition coefficient (Wildman–Crippen LogP) is 4.51. The first kappa shape index (κ1) is 20.8. The van der Waals surface area contributed by atoms with E-state index in [9.17, 15) is 9.59 Å². The van der Waals surface area contributed by atoms with E-state index < -0.39 is 23.4 Å². The normalized spacial score (nSPS) is 12.2. The van der Waals surface area contributed by atoms with Crippen molar-refractivity contribution in [3.8, 4) is 5.75 Å². The third-order valence-corrected chi connectivity index (χ3v) is 4.80. The molecule has 0 aliphatic heterocycles. The molecule has 0 saturated carbocycles. The van der Waals surface area contributed by atoms with Crippen LogP contribution in [0.4, 0.5) is 5.69 Å². The Morgan fingerprint density at radius 1 is 1.15 bits per heavy atom. The lowest BCUT2D eigenvalue weighted by atomic mass is 9.85. The third kappa shape index (κ3) is 4.80. The minimum Gasteiger partial charge on any atom is -0.495 e. The number of methoxy groups -OCH3 is 1. The molecule has 1 amide bonds. The highest BCUT2D eigenvalue weighted by Crippen LogP contribution is 2.31. The molecule has 144 valence electrons. The number of carbonyl (C=O) groups is 2. The van der Waals surface area contributed by atoms with Crippen molar-refractivity contribution in [2.45, 2.75) is 39.2 Å². The number of hydrogen-bond donors (Lipinski definition) is 1. The van der Waals surface area contributed by atoms with E-state index in [1.54, 1.807) is 26.0 Å². The number of nitrogens with one attached hydrogen (secondary N) is 1. The molecule has 0 aliphatic rings. The minimum atomic E-state index is -0.971. The molecule has 1 atom stereocenters. The van der Waals surface area contributed by atoms with Crippen molar-refractivity contribution in [1.82, 2.24) is 0 Å². The van der Waals surface area contributed by atoms with Crippen LogP contribution in [0.1, 0.15) is 31.9 Å². The largest absolute Gasteiger partial charge is 0.495 e. The Hall–Kier alpha value is -2.53. The van der Waals surface area contributed by atoms with Crippen LogP contribution in [0.15, 0.2) is 42.5 Å². The topological polar surface area (TPSA) is 64.6 Å². The Kier molecular flexibility index (Phi) is 6.50. The average molecular weight is 390 g/mol. The van der Waals surface area contributed by atoms with Gasteiger partial charge in [0.25, 0.3) is 5.91 Å². The highest BCUT2D eigenvalue weighted by atomic mass is 35.5. The standard InChI is InChI=1S/C21H24ClNO4/c1-13-11-17(18(26-5)12-16(13)22)23-19(24)14(2)27-20(25)21(3,4)15-9-7-6-8-10-15/h6-12,14H,1-5H3,(H,23,24)/t14-/m0/s1. The number of ether oxygens (including phenoxy) is 2. The van der Waals surface area contributed by atoms with Gasteiger partial charge in [-0.1, -0.05) is 41.9 Å². The highest BCUT2D eigenvalue weighted by molar-refractivity contribution is 6.31. The number of esters is 1. The van der Waals surface area contributed by atoms with Crippen LogP contribution in [0.3, 0.4) is 0 Å². The Labute approximate surface area is 164 Å². The first-order chi connectivity index (χ1) is 12.7. The van der Waals surface area contributed by atoms with Gasteiger partial charge in [-0.25, -0.2) is 0 Å². The zero-order valence-corrected chi connectivity index (χ0v) is 16.9. The van der Waals surface area contributed by atoms with Crippen LogP contribution < -0.4 is 10.1 Å². The van der Waals surface area contributed by atoms with E-state index in [1.807, 2.05) is 37.3 Å². The van der Waals surface area contributed by atoms with Gasteiger partial charge in [0.15, 0.2) is 6.10 Å². The molecular weight excluding hydrogens is 366 g/mol. The molecule has 0 aromatic heterocycles. The van der Waals surface area contributed by atoms with Crippen molar-refractivity contribution in [2.75, 3.05) is 12.4 Å². The average Bonchev–Trinajstić information content (AvgIpc) is 2.64. The number of benzene rings is 2. The van der Waals surface area contributed by atoms with Gasteiger partial charge in [-0.15, -0.1) is 0 Å². The summed E-state index contributed by atoms with van der Waals surface area (Å²) in [6.45, 7) is 6.88. The fourth-order valence-electron chi connectivity index (χ4n) is 2.50. The van der Waals surface area contributed by atoms with Crippen LogP contribution in [0.2, 0.25) is 5.02 Å². The molecule has 27 heavy (non-hydrogen) atoms. The van der Waals surface area contributed by atoms with Crippen LogP contribution in [0.5, 0.6) is 5.75 Å². The van der Waals surface area contributed by atoms with Crippen LogP contribution in [-0.4, -0.2) is 25.1 Å². The molecule has 2 aromatic rings. The Morgan fingerprint density at radius 3 is 2.37 bits per heavy atom. The molecule has 0 bridgehead atoms. The maximum atomic E-state index is 12.6. The number of amides is 1. The number of hydrogen-bond acceptors (Lipinski definition) is 4. The molecule has 0 spiro atoms.